The summed E-state index contributed by atoms with van der Waals surface area (Å²) in [5.41, 5.74) is 0.420. The predicted molar refractivity (Wildman–Crippen MR) is 100 cm³/mol. The van der Waals surface area contributed by atoms with Crippen molar-refractivity contribution in [3.05, 3.63) is 30.1 Å². The molecule has 7 atom stereocenters. The number of amides is 3. The van der Waals surface area contributed by atoms with Gasteiger partial charge in [0.15, 0.2) is 0 Å². The third kappa shape index (κ3) is 2.56. The zero-order chi connectivity index (χ0) is 18.7. The number of hydrogen-bond donors (Lipinski definition) is 1. The SMILES string of the molecule is C[C@H](C(=O)Nc1ccc(F)cc1)N1C(=O)[C@H]2[C@@H]3C[C@H]([C@@H](Br)[C@H]3Br)[C@@H]2C1=O. The average molecular weight is 488 g/mol. The number of fused-ring (bicyclic) bond motifs is 5. The third-order valence-corrected chi connectivity index (χ3v) is 9.11. The highest BCUT2D eigenvalue weighted by Crippen LogP contribution is 2.60. The first-order chi connectivity index (χ1) is 12.3. The lowest BCUT2D eigenvalue weighted by atomic mass is 9.81. The smallest absolute Gasteiger partial charge is 0.247 e. The van der Waals surface area contributed by atoms with Crippen LogP contribution in [0.15, 0.2) is 24.3 Å². The second-order valence-corrected chi connectivity index (χ2v) is 9.34. The number of alkyl halides is 2. The van der Waals surface area contributed by atoms with Crippen LogP contribution in [0.3, 0.4) is 0 Å². The van der Waals surface area contributed by atoms with Crippen LogP contribution in [0.2, 0.25) is 0 Å². The zero-order valence-electron chi connectivity index (χ0n) is 13.9. The molecule has 0 unspecified atom stereocenters. The molecule has 3 fully saturated rings. The molecule has 8 heteroatoms. The summed E-state index contributed by atoms with van der Waals surface area (Å²) in [6, 6.07) is 4.44. The van der Waals surface area contributed by atoms with Gasteiger partial charge >= 0.3 is 0 Å². The Kier molecular flexibility index (Phi) is 4.46. The van der Waals surface area contributed by atoms with Crippen LogP contribution in [0.1, 0.15) is 13.3 Å². The van der Waals surface area contributed by atoms with Crippen molar-refractivity contribution in [1.82, 2.24) is 4.90 Å². The quantitative estimate of drug-likeness (QED) is 0.526. The normalized spacial score (nSPS) is 36.4. The fraction of sp³-hybridized carbons (Fsp3) is 0.500. The van der Waals surface area contributed by atoms with Gasteiger partial charge in [0.2, 0.25) is 17.7 Å². The molecule has 0 spiro atoms. The fourth-order valence-electron chi connectivity index (χ4n) is 4.65. The van der Waals surface area contributed by atoms with Crippen molar-refractivity contribution < 1.29 is 18.8 Å². The van der Waals surface area contributed by atoms with Crippen molar-refractivity contribution in [3.8, 4) is 0 Å². The van der Waals surface area contributed by atoms with Gasteiger partial charge < -0.3 is 5.32 Å². The molecule has 3 amide bonds. The molecule has 4 rings (SSSR count). The van der Waals surface area contributed by atoms with Crippen LogP contribution < -0.4 is 5.32 Å². The molecule has 138 valence electrons. The largest absolute Gasteiger partial charge is 0.324 e. The highest BCUT2D eigenvalue weighted by Gasteiger charge is 2.67. The Morgan fingerprint density at radius 3 is 2.12 bits per heavy atom. The Balaban J connectivity index is 1.53. The monoisotopic (exact) mass is 486 g/mol. The van der Waals surface area contributed by atoms with E-state index in [0.717, 1.165) is 11.3 Å². The lowest BCUT2D eigenvalue weighted by Gasteiger charge is -2.28. The van der Waals surface area contributed by atoms with E-state index in [9.17, 15) is 18.8 Å². The lowest BCUT2D eigenvalue weighted by Crippen LogP contribution is -2.46. The van der Waals surface area contributed by atoms with Gasteiger partial charge in [-0.15, -0.1) is 0 Å². The van der Waals surface area contributed by atoms with Crippen LogP contribution >= 0.6 is 31.9 Å². The molecular formula is C18H17Br2FN2O3. The number of benzene rings is 1. The summed E-state index contributed by atoms with van der Waals surface area (Å²) >= 11 is 7.28. The number of nitrogens with one attached hydrogen (secondary N) is 1. The molecule has 2 saturated carbocycles. The van der Waals surface area contributed by atoms with E-state index in [4.69, 9.17) is 0 Å². The van der Waals surface area contributed by atoms with Crippen LogP contribution in [0.25, 0.3) is 0 Å². The summed E-state index contributed by atoms with van der Waals surface area (Å²) in [5.74, 6) is -1.82. The minimum absolute atomic E-state index is 0.114. The van der Waals surface area contributed by atoms with Crippen molar-refractivity contribution >= 4 is 55.3 Å². The van der Waals surface area contributed by atoms with Crippen LogP contribution in [0.4, 0.5) is 10.1 Å². The number of imide groups is 1. The summed E-state index contributed by atoms with van der Waals surface area (Å²) in [5, 5.41) is 2.64. The highest BCUT2D eigenvalue weighted by molar-refractivity contribution is 9.12. The van der Waals surface area contributed by atoms with Gasteiger partial charge in [0, 0.05) is 15.3 Å². The van der Waals surface area contributed by atoms with Gasteiger partial charge in [-0.05, 0) is 49.4 Å². The van der Waals surface area contributed by atoms with Crippen molar-refractivity contribution in [2.45, 2.75) is 29.0 Å². The highest BCUT2D eigenvalue weighted by atomic mass is 79.9. The third-order valence-electron chi connectivity index (χ3n) is 5.90. The molecule has 5 nitrogen and oxygen atoms in total. The fourth-order valence-corrected chi connectivity index (χ4v) is 6.52. The zero-order valence-corrected chi connectivity index (χ0v) is 17.0. The molecule has 1 aromatic rings. The van der Waals surface area contributed by atoms with Crippen LogP contribution in [-0.4, -0.2) is 38.3 Å². The Labute approximate surface area is 166 Å². The van der Waals surface area contributed by atoms with Crippen molar-refractivity contribution in [1.29, 1.82) is 0 Å². The van der Waals surface area contributed by atoms with E-state index in [2.05, 4.69) is 37.2 Å². The van der Waals surface area contributed by atoms with Crippen molar-refractivity contribution in [2.75, 3.05) is 5.32 Å². The average Bonchev–Trinajstić information content (AvgIpc) is 3.21. The number of carbonyl (C=O) groups excluding carboxylic acids is 3. The maximum absolute atomic E-state index is 13.0. The van der Waals surface area contributed by atoms with Gasteiger partial charge in [0.1, 0.15) is 11.9 Å². The molecule has 1 aliphatic heterocycles. The van der Waals surface area contributed by atoms with E-state index in [0.29, 0.717) is 5.69 Å². The summed E-state index contributed by atoms with van der Waals surface area (Å²) in [6.07, 6.45) is 0.850. The molecule has 3 aliphatic rings. The Hall–Kier alpha value is -1.28. The number of hydrogen-bond acceptors (Lipinski definition) is 3. The summed E-state index contributed by atoms with van der Waals surface area (Å²) in [7, 11) is 0. The van der Waals surface area contributed by atoms with Gasteiger partial charge in [-0.25, -0.2) is 4.39 Å². The number of nitrogens with zero attached hydrogens (tertiary/aromatic N) is 1. The standard InChI is InChI=1S/C18H17Br2FN2O3/c1-7(16(24)22-9-4-2-8(21)3-5-9)23-17(25)12-10-6-11(13(12)18(23)26)15(20)14(10)19/h2-5,7,10-15H,6H2,1H3,(H,22,24)/t7-,10+,11+,12+,13+,14-,15+/m1/s1. The molecule has 0 radical (unpaired) electrons. The van der Waals surface area contributed by atoms with Crippen molar-refractivity contribution in [2.24, 2.45) is 23.7 Å². The maximum atomic E-state index is 13.0. The molecular weight excluding hydrogens is 471 g/mol. The van der Waals surface area contributed by atoms with Gasteiger partial charge in [-0.3, -0.25) is 19.3 Å². The molecule has 1 heterocycles. The van der Waals surface area contributed by atoms with Crippen molar-refractivity contribution in [3.63, 3.8) is 0 Å². The van der Waals surface area contributed by atoms with Crippen LogP contribution in [0, 0.1) is 29.5 Å². The van der Waals surface area contributed by atoms with Gasteiger partial charge in [0.25, 0.3) is 0 Å². The number of carbonyl (C=O) groups is 3. The summed E-state index contributed by atoms with van der Waals surface area (Å²) in [6.45, 7) is 1.55. The predicted octanol–water partition coefficient (Wildman–Crippen LogP) is 2.93. The van der Waals surface area contributed by atoms with Gasteiger partial charge in [-0.2, -0.15) is 0 Å². The maximum Gasteiger partial charge on any atom is 0.247 e. The van der Waals surface area contributed by atoms with E-state index in [-0.39, 0.29) is 45.1 Å². The Morgan fingerprint density at radius 1 is 1.12 bits per heavy atom. The number of anilines is 1. The van der Waals surface area contributed by atoms with E-state index < -0.39 is 17.8 Å². The van der Waals surface area contributed by atoms with E-state index in [1.165, 1.54) is 24.3 Å². The van der Waals surface area contributed by atoms with Crippen LogP contribution in [-0.2, 0) is 14.4 Å². The minimum Gasteiger partial charge on any atom is -0.324 e. The minimum atomic E-state index is -0.910. The first-order valence-corrected chi connectivity index (χ1v) is 10.4. The van der Waals surface area contributed by atoms with Gasteiger partial charge in [-0.1, -0.05) is 31.9 Å². The Bertz CT molecular complexity index is 755. The second-order valence-electron chi connectivity index (χ2n) is 7.22. The molecule has 26 heavy (non-hydrogen) atoms. The van der Waals surface area contributed by atoms with E-state index in [1.807, 2.05) is 0 Å². The number of likely N-dealkylation sites (tertiary alicyclic amines) is 1. The lowest BCUT2D eigenvalue weighted by molar-refractivity contribution is -0.146. The summed E-state index contributed by atoms with van der Waals surface area (Å²) < 4.78 is 13.0. The first-order valence-electron chi connectivity index (χ1n) is 8.52. The number of rotatable bonds is 3. The van der Waals surface area contributed by atoms with E-state index >= 15 is 0 Å². The van der Waals surface area contributed by atoms with E-state index in [1.54, 1.807) is 6.92 Å². The molecule has 1 saturated heterocycles. The molecule has 0 aromatic heterocycles. The molecule has 1 N–H and O–H groups in total. The molecule has 2 aliphatic carbocycles. The van der Waals surface area contributed by atoms with Gasteiger partial charge in [0.05, 0.1) is 11.8 Å². The number of halogens is 3. The summed E-state index contributed by atoms with van der Waals surface area (Å²) in [4.78, 5) is 39.8. The molecule has 1 aromatic carbocycles. The topological polar surface area (TPSA) is 66.5 Å². The first kappa shape index (κ1) is 18.1. The Morgan fingerprint density at radius 2 is 1.62 bits per heavy atom. The second kappa shape index (κ2) is 6.41. The molecule has 2 bridgehead atoms. The van der Waals surface area contributed by atoms with Crippen LogP contribution in [0.5, 0.6) is 0 Å².